The smallest absolute Gasteiger partial charge is 0.344 e. The molecule has 176 valence electrons. The minimum atomic E-state index is -0.786. The lowest BCUT2D eigenvalue weighted by molar-refractivity contribution is -0.384. The van der Waals surface area contributed by atoms with E-state index in [1.165, 1.54) is 18.2 Å². The van der Waals surface area contributed by atoms with Crippen molar-refractivity contribution >= 4 is 51.7 Å². The monoisotopic (exact) mass is 497 g/mol. The Morgan fingerprint density at radius 2 is 1.72 bits per heavy atom. The molecule has 0 aromatic heterocycles. The lowest BCUT2D eigenvalue weighted by atomic mass is 10.0. The summed E-state index contributed by atoms with van der Waals surface area (Å²) in [5.41, 5.74) is 0.425. The second-order valence-corrected chi connectivity index (χ2v) is 7.94. The van der Waals surface area contributed by atoms with Gasteiger partial charge < -0.3 is 10.1 Å². The Kier molecular flexibility index (Phi) is 7.04. The number of hydrogen-bond acceptors (Lipinski definition) is 6. The van der Waals surface area contributed by atoms with E-state index < -0.39 is 16.8 Å². The molecule has 0 saturated heterocycles. The van der Waals surface area contributed by atoms with Crippen LogP contribution in [-0.2, 0) is 4.79 Å². The van der Waals surface area contributed by atoms with Crippen LogP contribution in [0.15, 0.2) is 90.5 Å². The number of amides is 1. The van der Waals surface area contributed by atoms with Gasteiger partial charge in [0.25, 0.3) is 11.6 Å². The number of anilines is 1. The highest BCUT2D eigenvalue weighted by Gasteiger charge is 2.16. The molecule has 4 aromatic rings. The van der Waals surface area contributed by atoms with Gasteiger partial charge in [0, 0.05) is 12.1 Å². The third-order valence-corrected chi connectivity index (χ3v) is 5.51. The summed E-state index contributed by atoms with van der Waals surface area (Å²) >= 11 is 6.01. The third kappa shape index (κ3) is 5.38. The van der Waals surface area contributed by atoms with Crippen molar-refractivity contribution in [3.05, 3.63) is 117 Å². The highest BCUT2D eigenvalue weighted by Crippen LogP contribution is 2.27. The zero-order valence-corrected chi connectivity index (χ0v) is 19.2. The van der Waals surface area contributed by atoms with Crippen LogP contribution in [0.5, 0.6) is 5.75 Å². The Morgan fingerprint density at radius 1 is 1.00 bits per heavy atom. The van der Waals surface area contributed by atoms with Crippen LogP contribution in [0.1, 0.15) is 15.9 Å². The van der Waals surface area contributed by atoms with Crippen molar-refractivity contribution in [2.24, 2.45) is 0 Å². The van der Waals surface area contributed by atoms with Crippen molar-refractivity contribution in [2.75, 3.05) is 5.32 Å². The first-order chi connectivity index (χ1) is 17.4. The Hall–Kier alpha value is -5.00. The predicted molar refractivity (Wildman–Crippen MR) is 136 cm³/mol. The Morgan fingerprint density at radius 3 is 2.44 bits per heavy atom. The number of nitrogens with one attached hydrogen (secondary N) is 1. The predicted octanol–water partition coefficient (Wildman–Crippen LogP) is 6.17. The summed E-state index contributed by atoms with van der Waals surface area (Å²) in [6.45, 7) is 0. The van der Waals surface area contributed by atoms with Gasteiger partial charge in [-0.2, -0.15) is 5.26 Å². The summed E-state index contributed by atoms with van der Waals surface area (Å²) in [4.78, 5) is 35.6. The molecule has 0 aliphatic rings. The minimum absolute atomic E-state index is 0.00714. The standard InChI is InChI=1S/C27H16ClN3O5/c28-24-13-10-20(31(34)35)15-25(24)30-26(32)19(16-29)14-17-8-11-21(12-9-17)36-27(33)23-7-3-5-18-4-1-2-6-22(18)23/h1-15H,(H,30,32)/b19-14+. The van der Waals surface area contributed by atoms with E-state index in [0.29, 0.717) is 11.1 Å². The molecule has 4 rings (SSSR count). The molecule has 0 unspecified atom stereocenters. The Labute approximate surface area is 210 Å². The molecule has 1 amide bonds. The van der Waals surface area contributed by atoms with Gasteiger partial charge in [-0.05, 0) is 46.7 Å². The first-order valence-electron chi connectivity index (χ1n) is 10.5. The molecule has 0 heterocycles. The van der Waals surface area contributed by atoms with Gasteiger partial charge in [-0.1, -0.05) is 60.1 Å². The quantitative estimate of drug-likeness (QED) is 0.0848. The maximum absolute atomic E-state index is 12.7. The summed E-state index contributed by atoms with van der Waals surface area (Å²) in [5.74, 6) is -1.01. The molecule has 36 heavy (non-hydrogen) atoms. The van der Waals surface area contributed by atoms with Crippen LogP contribution >= 0.6 is 11.6 Å². The van der Waals surface area contributed by atoms with Crippen LogP contribution in [0.3, 0.4) is 0 Å². The zero-order valence-electron chi connectivity index (χ0n) is 18.5. The fraction of sp³-hybridized carbons (Fsp3) is 0. The van der Waals surface area contributed by atoms with Gasteiger partial charge in [0.1, 0.15) is 17.4 Å². The maximum atomic E-state index is 12.7. The van der Waals surface area contributed by atoms with E-state index in [4.69, 9.17) is 16.3 Å². The number of rotatable bonds is 6. The van der Waals surface area contributed by atoms with Crippen molar-refractivity contribution in [1.82, 2.24) is 0 Å². The van der Waals surface area contributed by atoms with Crippen LogP contribution in [0.25, 0.3) is 16.8 Å². The van der Waals surface area contributed by atoms with Crippen LogP contribution in [-0.4, -0.2) is 16.8 Å². The molecule has 0 atom stereocenters. The van der Waals surface area contributed by atoms with E-state index in [9.17, 15) is 25.0 Å². The van der Waals surface area contributed by atoms with Gasteiger partial charge in [0.2, 0.25) is 0 Å². The van der Waals surface area contributed by atoms with Gasteiger partial charge >= 0.3 is 5.97 Å². The second kappa shape index (κ2) is 10.5. The molecule has 9 heteroatoms. The molecule has 8 nitrogen and oxygen atoms in total. The molecule has 0 aliphatic heterocycles. The fourth-order valence-electron chi connectivity index (χ4n) is 3.43. The Balaban J connectivity index is 1.49. The molecule has 0 fully saturated rings. The normalized spacial score (nSPS) is 10.9. The van der Waals surface area contributed by atoms with Crippen LogP contribution in [0.4, 0.5) is 11.4 Å². The molecule has 0 bridgehead atoms. The van der Waals surface area contributed by atoms with Crippen molar-refractivity contribution in [2.45, 2.75) is 0 Å². The van der Waals surface area contributed by atoms with Gasteiger partial charge in [-0.15, -0.1) is 0 Å². The summed E-state index contributed by atoms with van der Waals surface area (Å²) in [6.07, 6.45) is 1.33. The Bertz CT molecular complexity index is 1570. The topological polar surface area (TPSA) is 122 Å². The third-order valence-electron chi connectivity index (χ3n) is 5.19. The largest absolute Gasteiger partial charge is 0.423 e. The average molecular weight is 498 g/mol. The SMILES string of the molecule is N#C/C(=C\c1ccc(OC(=O)c2cccc3ccccc23)cc1)C(=O)Nc1cc([N+](=O)[O-])ccc1Cl. The average Bonchev–Trinajstić information content (AvgIpc) is 2.88. The first kappa shape index (κ1) is 24.1. The zero-order chi connectivity index (χ0) is 25.7. The summed E-state index contributed by atoms with van der Waals surface area (Å²) in [7, 11) is 0. The number of nitro groups is 1. The van der Waals surface area contributed by atoms with Gasteiger partial charge in [-0.3, -0.25) is 14.9 Å². The number of nitro benzene ring substituents is 1. The maximum Gasteiger partial charge on any atom is 0.344 e. The molecule has 0 aliphatic carbocycles. The highest BCUT2D eigenvalue weighted by molar-refractivity contribution is 6.34. The molecular formula is C27H16ClN3O5. The number of carbonyl (C=O) groups excluding carboxylic acids is 2. The number of esters is 1. The highest BCUT2D eigenvalue weighted by atomic mass is 35.5. The summed E-state index contributed by atoms with van der Waals surface area (Å²) in [6, 6.07) is 24.5. The van der Waals surface area contributed by atoms with E-state index >= 15 is 0 Å². The van der Waals surface area contributed by atoms with Crippen molar-refractivity contribution in [3.8, 4) is 11.8 Å². The number of benzene rings is 4. The van der Waals surface area contributed by atoms with Crippen LogP contribution in [0, 0.1) is 21.4 Å². The molecule has 1 N–H and O–H groups in total. The van der Waals surface area contributed by atoms with Gasteiger partial charge in [0.15, 0.2) is 0 Å². The fourth-order valence-corrected chi connectivity index (χ4v) is 3.59. The number of non-ortho nitro benzene ring substituents is 1. The molecule has 4 aromatic carbocycles. The molecule has 0 saturated carbocycles. The molecule has 0 spiro atoms. The number of carbonyl (C=O) groups is 2. The van der Waals surface area contributed by atoms with Crippen molar-refractivity contribution < 1.29 is 19.2 Å². The number of halogens is 1. The second-order valence-electron chi connectivity index (χ2n) is 7.53. The van der Waals surface area contributed by atoms with Crippen molar-refractivity contribution in [3.63, 3.8) is 0 Å². The van der Waals surface area contributed by atoms with E-state index in [1.807, 2.05) is 30.3 Å². The molecule has 0 radical (unpaired) electrons. The van der Waals surface area contributed by atoms with Gasteiger partial charge in [-0.25, -0.2) is 4.79 Å². The van der Waals surface area contributed by atoms with Crippen LogP contribution < -0.4 is 10.1 Å². The number of hydrogen-bond donors (Lipinski definition) is 1. The van der Waals surface area contributed by atoms with Crippen LogP contribution in [0.2, 0.25) is 5.02 Å². The summed E-state index contributed by atoms with van der Waals surface area (Å²) in [5, 5.41) is 24.6. The summed E-state index contributed by atoms with van der Waals surface area (Å²) < 4.78 is 5.49. The minimum Gasteiger partial charge on any atom is -0.423 e. The lowest BCUT2D eigenvalue weighted by Gasteiger charge is -2.08. The number of fused-ring (bicyclic) bond motifs is 1. The van der Waals surface area contributed by atoms with Crippen molar-refractivity contribution in [1.29, 1.82) is 5.26 Å². The van der Waals surface area contributed by atoms with E-state index in [0.717, 1.165) is 16.8 Å². The van der Waals surface area contributed by atoms with E-state index in [1.54, 1.807) is 42.5 Å². The number of nitriles is 1. The van der Waals surface area contributed by atoms with E-state index in [-0.39, 0.29) is 27.7 Å². The number of ether oxygens (including phenoxy) is 1. The van der Waals surface area contributed by atoms with E-state index in [2.05, 4.69) is 5.32 Å². The van der Waals surface area contributed by atoms with Gasteiger partial charge in [0.05, 0.1) is 21.2 Å². The molecular weight excluding hydrogens is 482 g/mol. The lowest BCUT2D eigenvalue weighted by Crippen LogP contribution is -2.14. The first-order valence-corrected chi connectivity index (χ1v) is 10.9. The number of nitrogens with zero attached hydrogens (tertiary/aromatic N) is 2.